The third-order valence-corrected chi connectivity index (χ3v) is 8.53. The number of likely N-dealkylation sites (tertiary alicyclic amines) is 2. The van der Waals surface area contributed by atoms with E-state index in [-0.39, 0.29) is 10.8 Å². The first kappa shape index (κ1) is 20.8. The van der Waals surface area contributed by atoms with Crippen LogP contribution in [0, 0.1) is 11.8 Å². The Morgan fingerprint density at radius 2 is 1.55 bits per heavy atom. The second kappa shape index (κ2) is 8.36. The van der Waals surface area contributed by atoms with E-state index < -0.39 is 10.0 Å². The molecule has 0 saturated carbocycles. The Kier molecular flexibility index (Phi) is 6.00. The molecule has 1 aromatic carbocycles. The van der Waals surface area contributed by atoms with Gasteiger partial charge in [-0.3, -0.25) is 9.69 Å². The van der Waals surface area contributed by atoms with Gasteiger partial charge >= 0.3 is 0 Å². The van der Waals surface area contributed by atoms with Gasteiger partial charge in [-0.15, -0.1) is 0 Å². The van der Waals surface area contributed by atoms with E-state index in [2.05, 4.69) is 18.7 Å². The van der Waals surface area contributed by atoms with Crippen molar-refractivity contribution < 1.29 is 13.2 Å². The number of benzene rings is 1. The highest BCUT2D eigenvalue weighted by Gasteiger charge is 2.33. The van der Waals surface area contributed by atoms with Gasteiger partial charge in [-0.1, -0.05) is 13.8 Å². The molecule has 3 aliphatic rings. The summed E-state index contributed by atoms with van der Waals surface area (Å²) in [5.41, 5.74) is 0.575. The minimum atomic E-state index is -3.51. The molecule has 6 nitrogen and oxygen atoms in total. The average molecular weight is 420 g/mol. The number of carbonyl (C=O) groups excluding carboxylic acids is 1. The lowest BCUT2D eigenvalue weighted by Crippen LogP contribution is -2.42. The Labute approximate surface area is 174 Å². The molecular weight excluding hydrogens is 386 g/mol. The maximum atomic E-state index is 13.0. The van der Waals surface area contributed by atoms with Crippen LogP contribution in [0.15, 0.2) is 29.2 Å². The lowest BCUT2D eigenvalue weighted by atomic mass is 9.94. The lowest BCUT2D eigenvalue weighted by molar-refractivity contribution is 0.0780. The van der Waals surface area contributed by atoms with Crippen molar-refractivity contribution in [2.45, 2.75) is 50.5 Å². The Morgan fingerprint density at radius 3 is 2.17 bits per heavy atom. The van der Waals surface area contributed by atoms with Crippen molar-refractivity contribution >= 4 is 15.9 Å². The number of hydrogen-bond donors (Lipinski definition) is 0. The fourth-order valence-electron chi connectivity index (χ4n) is 5.23. The Bertz CT molecular complexity index is 823. The van der Waals surface area contributed by atoms with Gasteiger partial charge in [-0.2, -0.15) is 4.31 Å². The Hall–Kier alpha value is -1.44. The summed E-state index contributed by atoms with van der Waals surface area (Å²) >= 11 is 0. The summed E-state index contributed by atoms with van der Waals surface area (Å²) in [5.74, 6) is 0.747. The first-order valence-corrected chi connectivity index (χ1v) is 12.4. The van der Waals surface area contributed by atoms with Gasteiger partial charge in [-0.05, 0) is 74.9 Å². The van der Waals surface area contributed by atoms with E-state index in [0.29, 0.717) is 36.5 Å². The van der Waals surface area contributed by atoms with Crippen LogP contribution in [0.1, 0.15) is 49.9 Å². The fourth-order valence-corrected chi connectivity index (χ4v) is 6.91. The number of nitrogens with zero attached hydrogens (tertiary/aromatic N) is 3. The van der Waals surface area contributed by atoms with Crippen LogP contribution in [0.4, 0.5) is 0 Å². The molecule has 0 spiro atoms. The average Bonchev–Trinajstić information content (AvgIpc) is 3.38. The summed E-state index contributed by atoms with van der Waals surface area (Å²) in [6.45, 7) is 9.20. The van der Waals surface area contributed by atoms with Crippen molar-refractivity contribution in [3.8, 4) is 0 Å². The number of amides is 1. The number of hydrogen-bond acceptors (Lipinski definition) is 4. The van der Waals surface area contributed by atoms with Gasteiger partial charge in [0, 0.05) is 37.8 Å². The summed E-state index contributed by atoms with van der Waals surface area (Å²) in [7, 11) is -3.51. The number of sulfonamides is 1. The molecule has 0 radical (unpaired) electrons. The summed E-state index contributed by atoms with van der Waals surface area (Å²) in [5, 5.41) is 0. The molecule has 0 aromatic heterocycles. The molecule has 3 saturated heterocycles. The predicted octanol–water partition coefficient (Wildman–Crippen LogP) is 2.66. The molecular formula is C22H33N3O3S. The van der Waals surface area contributed by atoms with Gasteiger partial charge in [0.15, 0.2) is 0 Å². The van der Waals surface area contributed by atoms with Crippen LogP contribution in [0.25, 0.3) is 0 Å². The molecule has 4 rings (SSSR count). The normalized spacial score (nSPS) is 29.4. The molecule has 1 amide bonds. The van der Waals surface area contributed by atoms with E-state index in [1.54, 1.807) is 28.6 Å². The third-order valence-electron chi connectivity index (χ3n) is 6.68. The molecule has 3 unspecified atom stereocenters. The molecule has 29 heavy (non-hydrogen) atoms. The topological polar surface area (TPSA) is 60.9 Å². The quantitative estimate of drug-likeness (QED) is 0.753. The van der Waals surface area contributed by atoms with Crippen LogP contribution < -0.4 is 0 Å². The highest BCUT2D eigenvalue weighted by Crippen LogP contribution is 2.27. The van der Waals surface area contributed by atoms with Crippen LogP contribution in [0.5, 0.6) is 0 Å². The molecule has 3 atom stereocenters. The van der Waals surface area contributed by atoms with Crippen molar-refractivity contribution in [1.29, 1.82) is 0 Å². The van der Waals surface area contributed by atoms with Crippen molar-refractivity contribution in [3.63, 3.8) is 0 Å². The van der Waals surface area contributed by atoms with Crippen LogP contribution in [0.2, 0.25) is 0 Å². The van der Waals surface area contributed by atoms with E-state index in [1.165, 1.54) is 12.8 Å². The van der Waals surface area contributed by atoms with Gasteiger partial charge in [0.1, 0.15) is 0 Å². The highest BCUT2D eigenvalue weighted by atomic mass is 32.2. The second-order valence-electron chi connectivity index (χ2n) is 9.23. The highest BCUT2D eigenvalue weighted by molar-refractivity contribution is 7.89. The zero-order valence-corrected chi connectivity index (χ0v) is 18.4. The fraction of sp³-hybridized carbons (Fsp3) is 0.682. The van der Waals surface area contributed by atoms with Gasteiger partial charge in [-0.25, -0.2) is 8.42 Å². The molecule has 160 valence electrons. The molecule has 3 fully saturated rings. The number of rotatable bonds is 4. The SMILES string of the molecule is CC1CC(C)CN(S(=O)(=O)c2ccc(C(=O)N3CCC(N4CCCC4)C3)cc2)C1. The van der Waals surface area contributed by atoms with E-state index in [4.69, 9.17) is 0 Å². The minimum Gasteiger partial charge on any atom is -0.337 e. The summed E-state index contributed by atoms with van der Waals surface area (Å²) in [4.78, 5) is 17.6. The molecule has 1 aromatic rings. The van der Waals surface area contributed by atoms with Gasteiger partial charge in [0.25, 0.3) is 5.91 Å². The molecule has 3 aliphatic heterocycles. The second-order valence-corrected chi connectivity index (χ2v) is 11.2. The van der Waals surface area contributed by atoms with Crippen LogP contribution >= 0.6 is 0 Å². The number of piperidine rings is 1. The zero-order chi connectivity index (χ0) is 20.6. The molecule has 7 heteroatoms. The number of carbonyl (C=O) groups is 1. The largest absolute Gasteiger partial charge is 0.337 e. The van der Waals surface area contributed by atoms with E-state index in [1.807, 2.05) is 4.90 Å². The lowest BCUT2D eigenvalue weighted by Gasteiger charge is -2.34. The van der Waals surface area contributed by atoms with E-state index >= 15 is 0 Å². The van der Waals surface area contributed by atoms with Crippen LogP contribution in [0.3, 0.4) is 0 Å². The van der Waals surface area contributed by atoms with Gasteiger partial charge in [0.05, 0.1) is 4.90 Å². The minimum absolute atomic E-state index is 0.0101. The van der Waals surface area contributed by atoms with Crippen molar-refractivity contribution in [3.05, 3.63) is 29.8 Å². The zero-order valence-electron chi connectivity index (χ0n) is 17.6. The third kappa shape index (κ3) is 4.37. The standard InChI is InChI=1S/C22H33N3O3S/c1-17-13-18(2)15-25(14-17)29(27,28)21-7-5-19(6-8-21)22(26)24-12-9-20(16-24)23-10-3-4-11-23/h5-8,17-18,20H,3-4,9-16H2,1-2H3. The molecule has 0 N–H and O–H groups in total. The van der Waals surface area contributed by atoms with Crippen LogP contribution in [-0.2, 0) is 10.0 Å². The Balaban J connectivity index is 1.43. The van der Waals surface area contributed by atoms with Crippen LogP contribution in [-0.4, -0.2) is 73.7 Å². The molecule has 3 heterocycles. The van der Waals surface area contributed by atoms with Crippen molar-refractivity contribution in [2.24, 2.45) is 11.8 Å². The first-order chi connectivity index (χ1) is 13.8. The summed E-state index contributed by atoms with van der Waals surface area (Å²) in [6.07, 6.45) is 4.61. The van der Waals surface area contributed by atoms with E-state index in [0.717, 1.165) is 39.0 Å². The maximum absolute atomic E-state index is 13.0. The van der Waals surface area contributed by atoms with Crippen molar-refractivity contribution in [2.75, 3.05) is 39.3 Å². The van der Waals surface area contributed by atoms with Gasteiger partial charge in [0.2, 0.25) is 10.0 Å². The predicted molar refractivity (Wildman–Crippen MR) is 113 cm³/mol. The monoisotopic (exact) mass is 419 g/mol. The first-order valence-electron chi connectivity index (χ1n) is 11.0. The smallest absolute Gasteiger partial charge is 0.253 e. The van der Waals surface area contributed by atoms with E-state index in [9.17, 15) is 13.2 Å². The summed E-state index contributed by atoms with van der Waals surface area (Å²) in [6, 6.07) is 7.02. The van der Waals surface area contributed by atoms with Gasteiger partial charge < -0.3 is 4.90 Å². The molecule has 0 bridgehead atoms. The molecule has 0 aliphatic carbocycles. The maximum Gasteiger partial charge on any atom is 0.253 e. The summed E-state index contributed by atoms with van der Waals surface area (Å²) < 4.78 is 27.7. The van der Waals surface area contributed by atoms with Crippen molar-refractivity contribution in [1.82, 2.24) is 14.1 Å². The Morgan fingerprint density at radius 1 is 0.931 bits per heavy atom.